The van der Waals surface area contributed by atoms with Crippen LogP contribution in [0.5, 0.6) is 0 Å². The first-order valence-electron chi connectivity index (χ1n) is 9.06. The molecule has 1 saturated carbocycles. The molecule has 1 fully saturated rings. The minimum Gasteiger partial charge on any atom is -0.463 e. The van der Waals surface area contributed by atoms with Crippen LogP contribution in [0.25, 0.3) is 6.08 Å². The molecule has 140 valence electrons. The van der Waals surface area contributed by atoms with Crippen molar-refractivity contribution < 1.29 is 18.7 Å². The molecule has 0 unspecified atom stereocenters. The molecular weight excluding hydrogens is 345 g/mol. The lowest BCUT2D eigenvalue weighted by Crippen LogP contribution is -2.46. The van der Waals surface area contributed by atoms with Gasteiger partial charge in [0.15, 0.2) is 0 Å². The predicted molar refractivity (Wildman–Crippen MR) is 103 cm³/mol. The van der Waals surface area contributed by atoms with Crippen LogP contribution in [-0.4, -0.2) is 18.5 Å². The average molecular weight is 367 g/mol. The van der Waals surface area contributed by atoms with E-state index in [1.165, 1.54) is 18.2 Å². The number of benzene rings is 2. The summed E-state index contributed by atoms with van der Waals surface area (Å²) in [4.78, 5) is 24.2. The maximum Gasteiger partial charge on any atom is 0.330 e. The molecule has 0 aromatic heterocycles. The van der Waals surface area contributed by atoms with E-state index in [1.807, 2.05) is 12.1 Å². The van der Waals surface area contributed by atoms with E-state index in [0.29, 0.717) is 12.3 Å². The number of carbonyl (C=O) groups excluding carboxylic acids is 2. The van der Waals surface area contributed by atoms with Crippen LogP contribution in [0.1, 0.15) is 37.3 Å². The Bertz CT molecular complexity index is 837. The van der Waals surface area contributed by atoms with Crippen molar-refractivity contribution in [3.63, 3.8) is 0 Å². The lowest BCUT2D eigenvalue weighted by Gasteiger charge is -2.40. The van der Waals surface area contributed by atoms with Crippen LogP contribution in [0.4, 0.5) is 10.1 Å². The van der Waals surface area contributed by atoms with Gasteiger partial charge >= 0.3 is 5.97 Å². The highest BCUT2D eigenvalue weighted by atomic mass is 19.1. The standard InChI is InChI=1S/C22H22FNO3/c1-2-27-20(25)13-6-16-4-11-19(12-5-16)24-21(26)22(14-3-15-22)17-7-9-18(23)10-8-17/h4-13H,2-3,14-15H2,1H3,(H,24,26). The summed E-state index contributed by atoms with van der Waals surface area (Å²) in [6.45, 7) is 2.09. The third kappa shape index (κ3) is 4.25. The normalized spacial score (nSPS) is 15.2. The van der Waals surface area contributed by atoms with E-state index in [2.05, 4.69) is 5.32 Å². The number of amides is 1. The van der Waals surface area contributed by atoms with Crippen molar-refractivity contribution in [2.24, 2.45) is 0 Å². The maximum absolute atomic E-state index is 13.2. The molecule has 0 aliphatic heterocycles. The fourth-order valence-electron chi connectivity index (χ4n) is 3.23. The summed E-state index contributed by atoms with van der Waals surface area (Å²) in [5.41, 5.74) is 1.78. The van der Waals surface area contributed by atoms with Crippen LogP contribution < -0.4 is 5.32 Å². The lowest BCUT2D eigenvalue weighted by atomic mass is 9.64. The van der Waals surface area contributed by atoms with Gasteiger partial charge < -0.3 is 10.1 Å². The van der Waals surface area contributed by atoms with Gasteiger partial charge in [-0.1, -0.05) is 30.7 Å². The van der Waals surface area contributed by atoms with Crippen LogP contribution in [0.2, 0.25) is 0 Å². The fraction of sp³-hybridized carbons (Fsp3) is 0.273. The minimum atomic E-state index is -0.587. The SMILES string of the molecule is CCOC(=O)C=Cc1ccc(NC(=O)C2(c3ccc(F)cc3)CCC2)cc1. The molecule has 0 radical (unpaired) electrons. The van der Waals surface area contributed by atoms with Crippen molar-refractivity contribution >= 4 is 23.6 Å². The Hall–Kier alpha value is -2.95. The molecule has 2 aromatic rings. The van der Waals surface area contributed by atoms with Crippen molar-refractivity contribution in [3.8, 4) is 0 Å². The molecule has 4 nitrogen and oxygen atoms in total. The van der Waals surface area contributed by atoms with Gasteiger partial charge in [-0.25, -0.2) is 9.18 Å². The molecule has 27 heavy (non-hydrogen) atoms. The summed E-state index contributed by atoms with van der Waals surface area (Å²) in [5, 5.41) is 2.96. The quantitative estimate of drug-likeness (QED) is 0.606. The van der Waals surface area contributed by atoms with E-state index >= 15 is 0 Å². The van der Waals surface area contributed by atoms with Gasteiger partial charge in [-0.05, 0) is 61.2 Å². The highest BCUT2D eigenvalue weighted by molar-refractivity contribution is 6.00. The van der Waals surface area contributed by atoms with Gasteiger partial charge in [0.25, 0.3) is 0 Å². The predicted octanol–water partition coefficient (Wildman–Crippen LogP) is 4.46. The van der Waals surface area contributed by atoms with Crippen LogP contribution in [0.15, 0.2) is 54.6 Å². The number of hydrogen-bond acceptors (Lipinski definition) is 3. The largest absolute Gasteiger partial charge is 0.463 e. The van der Waals surface area contributed by atoms with Gasteiger partial charge in [0.05, 0.1) is 12.0 Å². The molecule has 0 spiro atoms. The van der Waals surface area contributed by atoms with Crippen molar-refractivity contribution in [1.82, 2.24) is 0 Å². The van der Waals surface area contributed by atoms with E-state index in [4.69, 9.17) is 4.74 Å². The number of halogens is 1. The zero-order valence-corrected chi connectivity index (χ0v) is 15.2. The zero-order valence-electron chi connectivity index (χ0n) is 15.2. The van der Waals surface area contributed by atoms with Gasteiger partial charge in [0.1, 0.15) is 5.82 Å². The van der Waals surface area contributed by atoms with E-state index in [-0.39, 0.29) is 17.7 Å². The molecule has 1 amide bonds. The Morgan fingerprint density at radius 2 is 1.78 bits per heavy atom. The minimum absolute atomic E-state index is 0.0739. The van der Waals surface area contributed by atoms with Crippen LogP contribution in [-0.2, 0) is 19.7 Å². The van der Waals surface area contributed by atoms with E-state index in [9.17, 15) is 14.0 Å². The summed E-state index contributed by atoms with van der Waals surface area (Å²) < 4.78 is 18.0. The average Bonchev–Trinajstić information content (AvgIpc) is 2.62. The zero-order chi connectivity index (χ0) is 19.3. The van der Waals surface area contributed by atoms with E-state index in [0.717, 1.165) is 30.4 Å². The fourth-order valence-corrected chi connectivity index (χ4v) is 3.23. The summed E-state index contributed by atoms with van der Waals surface area (Å²) in [6.07, 6.45) is 5.52. The number of anilines is 1. The molecule has 1 N–H and O–H groups in total. The second kappa shape index (κ2) is 8.16. The molecule has 0 atom stereocenters. The molecule has 1 aliphatic rings. The van der Waals surface area contributed by atoms with E-state index in [1.54, 1.807) is 37.3 Å². The highest BCUT2D eigenvalue weighted by Crippen LogP contribution is 2.44. The van der Waals surface area contributed by atoms with Gasteiger partial charge in [0, 0.05) is 11.8 Å². The first kappa shape index (κ1) is 18.8. The van der Waals surface area contributed by atoms with Crippen LogP contribution >= 0.6 is 0 Å². The Balaban J connectivity index is 1.68. The maximum atomic E-state index is 13.2. The molecule has 3 rings (SSSR count). The van der Waals surface area contributed by atoms with Crippen molar-refractivity contribution in [3.05, 3.63) is 71.6 Å². The summed E-state index contributed by atoms with van der Waals surface area (Å²) >= 11 is 0. The van der Waals surface area contributed by atoms with Crippen molar-refractivity contribution in [1.29, 1.82) is 0 Å². The molecule has 1 aliphatic carbocycles. The first-order chi connectivity index (χ1) is 13.0. The number of nitrogens with one attached hydrogen (secondary N) is 1. The van der Waals surface area contributed by atoms with Crippen molar-refractivity contribution in [2.45, 2.75) is 31.6 Å². The first-order valence-corrected chi connectivity index (χ1v) is 9.06. The number of carbonyl (C=O) groups is 2. The summed E-state index contributed by atoms with van der Waals surface area (Å²) in [7, 11) is 0. The number of hydrogen-bond donors (Lipinski definition) is 1. The van der Waals surface area contributed by atoms with Gasteiger partial charge in [0.2, 0.25) is 5.91 Å². The molecular formula is C22H22FNO3. The lowest BCUT2D eigenvalue weighted by molar-refractivity contribution is -0.137. The number of ether oxygens (including phenoxy) is 1. The topological polar surface area (TPSA) is 55.4 Å². The number of esters is 1. The van der Waals surface area contributed by atoms with Gasteiger partial charge in [-0.2, -0.15) is 0 Å². The van der Waals surface area contributed by atoms with E-state index < -0.39 is 5.41 Å². The Morgan fingerprint density at radius 1 is 1.11 bits per heavy atom. The molecule has 2 aromatic carbocycles. The van der Waals surface area contributed by atoms with Crippen molar-refractivity contribution in [2.75, 3.05) is 11.9 Å². The molecule has 0 heterocycles. The van der Waals surface area contributed by atoms with Crippen LogP contribution in [0.3, 0.4) is 0 Å². The molecule has 0 saturated heterocycles. The smallest absolute Gasteiger partial charge is 0.330 e. The Labute approximate surface area is 158 Å². The third-order valence-electron chi connectivity index (χ3n) is 4.91. The van der Waals surface area contributed by atoms with Gasteiger partial charge in [-0.3, -0.25) is 4.79 Å². The second-order valence-electron chi connectivity index (χ2n) is 6.60. The monoisotopic (exact) mass is 367 g/mol. The molecule has 0 bridgehead atoms. The number of rotatable bonds is 6. The second-order valence-corrected chi connectivity index (χ2v) is 6.60. The van der Waals surface area contributed by atoms with Gasteiger partial charge in [-0.15, -0.1) is 0 Å². The third-order valence-corrected chi connectivity index (χ3v) is 4.91. The Morgan fingerprint density at radius 3 is 2.33 bits per heavy atom. The molecule has 5 heteroatoms. The highest BCUT2D eigenvalue weighted by Gasteiger charge is 2.45. The Kier molecular flexibility index (Phi) is 5.69. The van der Waals surface area contributed by atoms with Crippen LogP contribution in [0, 0.1) is 5.82 Å². The summed E-state index contributed by atoms with van der Waals surface area (Å²) in [5.74, 6) is -0.767. The summed E-state index contributed by atoms with van der Waals surface area (Å²) in [6, 6.07) is 13.4.